The molecule has 1 aliphatic heterocycles. The van der Waals surface area contributed by atoms with Crippen LogP contribution in [-0.2, 0) is 0 Å². The lowest BCUT2D eigenvalue weighted by molar-refractivity contribution is -0.385. The van der Waals surface area contributed by atoms with Gasteiger partial charge in [0.25, 0.3) is 5.69 Å². The molecule has 6 heteroatoms. The molecule has 14 heavy (non-hydrogen) atoms. The summed E-state index contributed by atoms with van der Waals surface area (Å²) in [5, 5.41) is 12.3. The van der Waals surface area contributed by atoms with Crippen molar-refractivity contribution in [2.24, 2.45) is 0 Å². The number of nitrogens with one attached hydrogen (secondary N) is 1. The van der Waals surface area contributed by atoms with Crippen molar-refractivity contribution in [3.05, 3.63) is 28.4 Å². The first-order chi connectivity index (χ1) is 6.77. The number of pyridine rings is 1. The number of aromatic nitrogens is 1. The summed E-state index contributed by atoms with van der Waals surface area (Å²) < 4.78 is 0. The van der Waals surface area contributed by atoms with E-state index in [-0.39, 0.29) is 5.69 Å². The summed E-state index contributed by atoms with van der Waals surface area (Å²) in [5.74, 6) is 0.730. The normalized spacial score (nSPS) is 15.9. The van der Waals surface area contributed by atoms with Crippen molar-refractivity contribution in [1.82, 2.24) is 10.4 Å². The van der Waals surface area contributed by atoms with Crippen molar-refractivity contribution >= 4 is 11.5 Å². The van der Waals surface area contributed by atoms with Crippen LogP contribution >= 0.6 is 0 Å². The van der Waals surface area contributed by atoms with Crippen LogP contribution in [0.15, 0.2) is 18.3 Å². The second-order valence-electron chi connectivity index (χ2n) is 3.05. The van der Waals surface area contributed by atoms with Crippen molar-refractivity contribution in [3.8, 4) is 0 Å². The van der Waals surface area contributed by atoms with E-state index in [0.29, 0.717) is 0 Å². The zero-order chi connectivity index (χ0) is 9.97. The summed E-state index contributed by atoms with van der Waals surface area (Å²) in [7, 11) is 0. The van der Waals surface area contributed by atoms with Crippen LogP contribution in [-0.4, -0.2) is 23.0 Å². The van der Waals surface area contributed by atoms with Crippen molar-refractivity contribution in [2.45, 2.75) is 6.42 Å². The molecule has 1 aromatic heterocycles. The van der Waals surface area contributed by atoms with Crippen LogP contribution in [0.1, 0.15) is 6.42 Å². The van der Waals surface area contributed by atoms with Crippen molar-refractivity contribution in [1.29, 1.82) is 0 Å². The van der Waals surface area contributed by atoms with E-state index in [2.05, 4.69) is 10.4 Å². The van der Waals surface area contributed by atoms with Crippen LogP contribution in [0.2, 0.25) is 0 Å². The average Bonchev–Trinajstić information content (AvgIpc) is 2.71. The summed E-state index contributed by atoms with van der Waals surface area (Å²) in [4.78, 5) is 13.9. The molecular weight excluding hydrogens is 184 g/mol. The Morgan fingerprint density at radius 1 is 1.57 bits per heavy atom. The number of hydrogen-bond donors (Lipinski definition) is 1. The van der Waals surface area contributed by atoms with E-state index in [9.17, 15) is 10.1 Å². The molecule has 0 unspecified atom stereocenters. The first-order valence-corrected chi connectivity index (χ1v) is 4.39. The third-order valence-electron chi connectivity index (χ3n) is 2.08. The van der Waals surface area contributed by atoms with E-state index in [0.717, 1.165) is 25.3 Å². The van der Waals surface area contributed by atoms with Gasteiger partial charge >= 0.3 is 0 Å². The number of hydrogen-bond acceptors (Lipinski definition) is 5. The molecule has 6 nitrogen and oxygen atoms in total. The molecule has 0 spiro atoms. The number of nitro groups is 1. The van der Waals surface area contributed by atoms with Gasteiger partial charge < -0.3 is 0 Å². The second-order valence-corrected chi connectivity index (χ2v) is 3.05. The third kappa shape index (κ3) is 1.64. The molecule has 1 saturated heterocycles. The highest BCUT2D eigenvalue weighted by Crippen LogP contribution is 2.15. The lowest BCUT2D eigenvalue weighted by atomic mass is 10.4. The smallest absolute Gasteiger partial charge is 0.287 e. The Morgan fingerprint density at radius 3 is 2.93 bits per heavy atom. The predicted molar refractivity (Wildman–Crippen MR) is 50.9 cm³/mol. The van der Waals surface area contributed by atoms with Crippen molar-refractivity contribution in [3.63, 3.8) is 0 Å². The number of hydrazine groups is 1. The molecule has 1 fully saturated rings. The van der Waals surface area contributed by atoms with Crippen LogP contribution in [0.5, 0.6) is 0 Å². The van der Waals surface area contributed by atoms with Gasteiger partial charge in [0, 0.05) is 19.2 Å². The third-order valence-corrected chi connectivity index (χ3v) is 2.08. The van der Waals surface area contributed by atoms with Gasteiger partial charge in [0.2, 0.25) is 0 Å². The minimum absolute atomic E-state index is 0.0212. The van der Waals surface area contributed by atoms with Crippen LogP contribution in [0.4, 0.5) is 11.5 Å². The molecule has 2 heterocycles. The monoisotopic (exact) mass is 194 g/mol. The van der Waals surface area contributed by atoms with Crippen LogP contribution in [0, 0.1) is 10.1 Å². The van der Waals surface area contributed by atoms with Crippen LogP contribution in [0.25, 0.3) is 0 Å². The highest BCUT2D eigenvalue weighted by Gasteiger charge is 2.14. The summed E-state index contributed by atoms with van der Waals surface area (Å²) >= 11 is 0. The Labute approximate surface area is 80.7 Å². The molecule has 1 aromatic rings. The molecule has 1 N–H and O–H groups in total. The van der Waals surface area contributed by atoms with E-state index < -0.39 is 4.92 Å². The fourth-order valence-electron chi connectivity index (χ4n) is 1.37. The zero-order valence-corrected chi connectivity index (χ0v) is 7.51. The molecule has 0 bridgehead atoms. The summed E-state index contributed by atoms with van der Waals surface area (Å²) in [6.07, 6.45) is 2.34. The van der Waals surface area contributed by atoms with E-state index in [1.54, 1.807) is 6.07 Å². The molecule has 0 amide bonds. The maximum Gasteiger partial charge on any atom is 0.287 e. The maximum atomic E-state index is 10.4. The van der Waals surface area contributed by atoms with E-state index >= 15 is 0 Å². The van der Waals surface area contributed by atoms with E-state index in [1.807, 2.05) is 5.01 Å². The molecular formula is C8H10N4O2. The quantitative estimate of drug-likeness (QED) is 0.554. The van der Waals surface area contributed by atoms with Crippen LogP contribution in [0.3, 0.4) is 0 Å². The fraction of sp³-hybridized carbons (Fsp3) is 0.375. The van der Waals surface area contributed by atoms with Gasteiger partial charge in [0.1, 0.15) is 12.0 Å². The molecule has 2 rings (SSSR count). The van der Waals surface area contributed by atoms with Gasteiger partial charge in [-0.3, -0.25) is 15.1 Å². The van der Waals surface area contributed by atoms with Gasteiger partial charge in [-0.25, -0.2) is 10.4 Å². The number of rotatable bonds is 2. The van der Waals surface area contributed by atoms with Crippen molar-refractivity contribution in [2.75, 3.05) is 18.1 Å². The average molecular weight is 194 g/mol. The minimum atomic E-state index is -0.450. The fourth-order valence-corrected chi connectivity index (χ4v) is 1.37. The molecule has 0 atom stereocenters. The maximum absolute atomic E-state index is 10.4. The Bertz CT molecular complexity index is 332. The Kier molecular flexibility index (Phi) is 2.28. The summed E-state index contributed by atoms with van der Waals surface area (Å²) in [5.41, 5.74) is 3.14. The van der Waals surface area contributed by atoms with Gasteiger partial charge in [-0.05, 0) is 12.5 Å². The lowest BCUT2D eigenvalue weighted by Gasteiger charge is -2.15. The predicted octanol–water partition coefficient (Wildman–Crippen LogP) is 0.704. The highest BCUT2D eigenvalue weighted by molar-refractivity contribution is 5.42. The number of anilines is 1. The standard InChI is InChI=1S/C8H10N4O2/c13-12(14)7-2-3-8(9-6-7)11-5-1-4-10-11/h2-3,6,10H,1,4-5H2. The molecule has 0 aromatic carbocycles. The Morgan fingerprint density at radius 2 is 2.43 bits per heavy atom. The van der Waals surface area contributed by atoms with Crippen molar-refractivity contribution < 1.29 is 4.92 Å². The zero-order valence-electron chi connectivity index (χ0n) is 7.51. The van der Waals surface area contributed by atoms with Gasteiger partial charge in [0.15, 0.2) is 0 Å². The summed E-state index contributed by atoms with van der Waals surface area (Å²) in [6.45, 7) is 1.82. The van der Waals surface area contributed by atoms with Gasteiger partial charge in [-0.1, -0.05) is 0 Å². The lowest BCUT2D eigenvalue weighted by Crippen LogP contribution is -2.31. The van der Waals surface area contributed by atoms with Crippen LogP contribution < -0.4 is 10.4 Å². The summed E-state index contributed by atoms with van der Waals surface area (Å²) in [6, 6.07) is 3.11. The second kappa shape index (κ2) is 3.59. The molecule has 0 radical (unpaired) electrons. The first kappa shape index (κ1) is 8.89. The van der Waals surface area contributed by atoms with Gasteiger partial charge in [-0.2, -0.15) is 0 Å². The SMILES string of the molecule is O=[N+]([O-])c1ccc(N2CCCN2)nc1. The first-order valence-electron chi connectivity index (χ1n) is 4.39. The topological polar surface area (TPSA) is 71.3 Å². The van der Waals surface area contributed by atoms with Gasteiger partial charge in [-0.15, -0.1) is 0 Å². The Balaban J connectivity index is 2.16. The molecule has 1 aliphatic rings. The van der Waals surface area contributed by atoms with E-state index in [4.69, 9.17) is 0 Å². The van der Waals surface area contributed by atoms with E-state index in [1.165, 1.54) is 12.3 Å². The molecule has 0 aliphatic carbocycles. The minimum Gasteiger partial charge on any atom is -0.292 e. The molecule has 74 valence electrons. The molecule has 0 saturated carbocycles. The largest absolute Gasteiger partial charge is 0.292 e. The number of nitrogens with zero attached hydrogens (tertiary/aromatic N) is 3. The Hall–Kier alpha value is -1.69. The van der Waals surface area contributed by atoms with Gasteiger partial charge in [0.05, 0.1) is 4.92 Å². The highest BCUT2D eigenvalue weighted by atomic mass is 16.6.